The second-order valence-corrected chi connectivity index (χ2v) is 5.96. The topological polar surface area (TPSA) is 46.6 Å². The van der Waals surface area contributed by atoms with Crippen molar-refractivity contribution in [1.29, 1.82) is 0 Å². The second-order valence-electron chi connectivity index (χ2n) is 5.96. The Kier molecular flexibility index (Phi) is 2.30. The Balaban J connectivity index is 2.11. The van der Waals surface area contributed by atoms with Gasteiger partial charge in [0.1, 0.15) is 5.60 Å². The van der Waals surface area contributed by atoms with E-state index in [-0.39, 0.29) is 17.4 Å². The first-order valence-corrected chi connectivity index (χ1v) is 5.83. The van der Waals surface area contributed by atoms with Crippen LogP contribution in [0.25, 0.3) is 0 Å². The van der Waals surface area contributed by atoms with Crippen LogP contribution in [0.1, 0.15) is 47.0 Å². The van der Waals surface area contributed by atoms with E-state index in [2.05, 4.69) is 0 Å². The molecular formula is C12H19NO3. The number of carbonyl (C=O) groups is 2. The maximum atomic E-state index is 11.9. The predicted molar refractivity (Wildman–Crippen MR) is 58.8 cm³/mol. The van der Waals surface area contributed by atoms with Gasteiger partial charge in [-0.2, -0.15) is 0 Å². The lowest BCUT2D eigenvalue weighted by Crippen LogP contribution is -2.69. The minimum Gasteiger partial charge on any atom is -0.443 e. The largest absolute Gasteiger partial charge is 0.443 e. The third-order valence-corrected chi connectivity index (χ3v) is 3.53. The molecule has 0 spiro atoms. The van der Waals surface area contributed by atoms with Gasteiger partial charge < -0.3 is 4.74 Å². The van der Waals surface area contributed by atoms with Crippen molar-refractivity contribution in [3.63, 3.8) is 0 Å². The Morgan fingerprint density at radius 3 is 2.69 bits per heavy atom. The summed E-state index contributed by atoms with van der Waals surface area (Å²) < 4.78 is 5.25. The van der Waals surface area contributed by atoms with Gasteiger partial charge in [0.2, 0.25) is 5.91 Å². The van der Waals surface area contributed by atoms with Gasteiger partial charge in [-0.15, -0.1) is 0 Å². The minimum absolute atomic E-state index is 0.0417. The van der Waals surface area contributed by atoms with Crippen molar-refractivity contribution in [2.24, 2.45) is 5.92 Å². The van der Waals surface area contributed by atoms with Crippen LogP contribution >= 0.6 is 0 Å². The Bertz CT molecular complexity index is 345. The molecule has 2 aliphatic rings. The molecule has 0 aromatic heterocycles. The van der Waals surface area contributed by atoms with Crippen LogP contribution in [0.2, 0.25) is 0 Å². The standard InChI is InChI=1S/C12H19NO3/c1-11(2,3)16-10(15)13-9(14)8-6-5-7-12(8,13)4/h8H,5-7H2,1-4H3. The van der Waals surface area contributed by atoms with Gasteiger partial charge in [0.05, 0.1) is 11.5 Å². The molecule has 16 heavy (non-hydrogen) atoms. The lowest BCUT2D eigenvalue weighted by atomic mass is 9.78. The van der Waals surface area contributed by atoms with Crippen molar-refractivity contribution in [2.75, 3.05) is 0 Å². The minimum atomic E-state index is -0.544. The number of hydrogen-bond acceptors (Lipinski definition) is 3. The highest BCUT2D eigenvalue weighted by molar-refractivity contribution is 6.01. The van der Waals surface area contributed by atoms with E-state index in [1.807, 2.05) is 27.7 Å². The van der Waals surface area contributed by atoms with Crippen LogP contribution < -0.4 is 0 Å². The average molecular weight is 225 g/mol. The van der Waals surface area contributed by atoms with Crippen molar-refractivity contribution in [1.82, 2.24) is 4.90 Å². The average Bonchev–Trinajstić information content (AvgIpc) is 2.39. The highest BCUT2D eigenvalue weighted by Gasteiger charge is 2.62. The number of likely N-dealkylation sites (tertiary alicyclic amines) is 1. The summed E-state index contributed by atoms with van der Waals surface area (Å²) in [5, 5.41) is 0. The molecule has 1 heterocycles. The normalized spacial score (nSPS) is 33.4. The number of ether oxygens (including phenoxy) is 1. The SMILES string of the molecule is CC(C)(C)OC(=O)N1C(=O)C2CCCC21C. The number of rotatable bonds is 0. The zero-order chi connectivity index (χ0) is 12.1. The molecule has 0 bridgehead atoms. The van der Waals surface area contributed by atoms with Crippen LogP contribution in [0.15, 0.2) is 0 Å². The molecule has 0 N–H and O–H groups in total. The van der Waals surface area contributed by atoms with Crippen LogP contribution in [0.5, 0.6) is 0 Å². The summed E-state index contributed by atoms with van der Waals surface area (Å²) in [5.41, 5.74) is -0.823. The maximum Gasteiger partial charge on any atom is 0.417 e. The van der Waals surface area contributed by atoms with Gasteiger partial charge in [-0.3, -0.25) is 4.79 Å². The Hall–Kier alpha value is -1.06. The van der Waals surface area contributed by atoms with Crippen molar-refractivity contribution < 1.29 is 14.3 Å². The summed E-state index contributed by atoms with van der Waals surface area (Å²) in [6.07, 6.45) is 2.35. The number of β-lactam (4-membered cyclic amide) rings is 1. The van der Waals surface area contributed by atoms with Crippen LogP contribution in [0, 0.1) is 5.92 Å². The van der Waals surface area contributed by atoms with Gasteiger partial charge in [-0.25, -0.2) is 9.69 Å². The van der Waals surface area contributed by atoms with Gasteiger partial charge in [-0.1, -0.05) is 6.42 Å². The molecule has 1 saturated heterocycles. The van der Waals surface area contributed by atoms with Crippen molar-refractivity contribution in [2.45, 2.75) is 58.1 Å². The molecule has 2 atom stereocenters. The summed E-state index contributed by atoms with van der Waals surface area (Å²) in [6, 6.07) is 0. The van der Waals surface area contributed by atoms with E-state index in [4.69, 9.17) is 4.74 Å². The molecule has 2 amide bonds. The van der Waals surface area contributed by atoms with Gasteiger partial charge in [0.15, 0.2) is 0 Å². The van der Waals surface area contributed by atoms with Crippen molar-refractivity contribution >= 4 is 12.0 Å². The number of carbonyl (C=O) groups excluding carboxylic acids is 2. The molecule has 4 heteroatoms. The van der Waals surface area contributed by atoms with E-state index in [9.17, 15) is 9.59 Å². The fraction of sp³-hybridized carbons (Fsp3) is 0.833. The monoisotopic (exact) mass is 225 g/mol. The first kappa shape index (κ1) is 11.4. The maximum absolute atomic E-state index is 11.9. The summed E-state index contributed by atoms with van der Waals surface area (Å²) in [6.45, 7) is 7.41. The van der Waals surface area contributed by atoms with Gasteiger partial charge >= 0.3 is 6.09 Å². The number of fused-ring (bicyclic) bond motifs is 1. The molecule has 4 nitrogen and oxygen atoms in total. The van der Waals surface area contributed by atoms with E-state index in [0.717, 1.165) is 19.3 Å². The van der Waals surface area contributed by atoms with E-state index >= 15 is 0 Å². The highest BCUT2D eigenvalue weighted by atomic mass is 16.6. The van der Waals surface area contributed by atoms with Gasteiger partial charge in [-0.05, 0) is 40.5 Å². The number of nitrogens with zero attached hydrogens (tertiary/aromatic N) is 1. The van der Waals surface area contributed by atoms with Gasteiger partial charge in [0, 0.05) is 0 Å². The Morgan fingerprint density at radius 1 is 1.50 bits per heavy atom. The Morgan fingerprint density at radius 2 is 2.12 bits per heavy atom. The lowest BCUT2D eigenvalue weighted by molar-refractivity contribution is -0.161. The third kappa shape index (κ3) is 1.51. The molecule has 0 aromatic carbocycles. The summed E-state index contributed by atoms with van der Waals surface area (Å²) in [5.74, 6) is -0.0192. The first-order chi connectivity index (χ1) is 7.26. The van der Waals surface area contributed by atoms with Crippen molar-refractivity contribution in [3.8, 4) is 0 Å². The Labute approximate surface area is 95.9 Å². The molecule has 1 aliphatic heterocycles. The number of imide groups is 1. The van der Waals surface area contributed by atoms with Crippen LogP contribution in [-0.4, -0.2) is 28.0 Å². The lowest BCUT2D eigenvalue weighted by Gasteiger charge is -2.50. The molecule has 90 valence electrons. The molecule has 0 radical (unpaired) electrons. The molecule has 2 rings (SSSR count). The molecule has 0 aromatic rings. The van der Waals surface area contributed by atoms with Crippen LogP contribution in [-0.2, 0) is 9.53 Å². The zero-order valence-corrected chi connectivity index (χ0v) is 10.4. The third-order valence-electron chi connectivity index (χ3n) is 3.53. The molecule has 2 unspecified atom stereocenters. The summed E-state index contributed by atoms with van der Waals surface area (Å²) in [7, 11) is 0. The summed E-state index contributed by atoms with van der Waals surface area (Å²) in [4.78, 5) is 25.0. The van der Waals surface area contributed by atoms with E-state index < -0.39 is 11.7 Å². The smallest absolute Gasteiger partial charge is 0.417 e. The van der Waals surface area contributed by atoms with E-state index in [1.54, 1.807) is 0 Å². The van der Waals surface area contributed by atoms with Crippen LogP contribution in [0.4, 0.5) is 4.79 Å². The molecular weight excluding hydrogens is 206 g/mol. The fourth-order valence-corrected chi connectivity index (χ4v) is 2.75. The number of hydrogen-bond donors (Lipinski definition) is 0. The van der Waals surface area contributed by atoms with E-state index in [0.29, 0.717) is 0 Å². The highest BCUT2D eigenvalue weighted by Crippen LogP contribution is 2.49. The van der Waals surface area contributed by atoms with Crippen molar-refractivity contribution in [3.05, 3.63) is 0 Å². The summed E-state index contributed by atoms with van der Waals surface area (Å²) >= 11 is 0. The predicted octanol–water partition coefficient (Wildman–Crippen LogP) is 2.32. The first-order valence-electron chi connectivity index (χ1n) is 5.83. The second kappa shape index (κ2) is 3.22. The quantitative estimate of drug-likeness (QED) is 0.594. The molecule has 2 fully saturated rings. The molecule has 1 aliphatic carbocycles. The zero-order valence-electron chi connectivity index (χ0n) is 10.4. The van der Waals surface area contributed by atoms with Gasteiger partial charge in [0.25, 0.3) is 0 Å². The number of amides is 2. The van der Waals surface area contributed by atoms with E-state index in [1.165, 1.54) is 4.90 Å². The van der Waals surface area contributed by atoms with Crippen LogP contribution in [0.3, 0.4) is 0 Å². The fourth-order valence-electron chi connectivity index (χ4n) is 2.75. The molecule has 1 saturated carbocycles.